The van der Waals surface area contributed by atoms with Gasteiger partial charge in [-0.15, -0.1) is 6.58 Å². The highest BCUT2D eigenvalue weighted by Gasteiger charge is 2.11. The van der Waals surface area contributed by atoms with E-state index >= 15 is 0 Å². The molecule has 0 aromatic heterocycles. The topological polar surface area (TPSA) is 55.2 Å². The van der Waals surface area contributed by atoms with E-state index in [0.29, 0.717) is 5.56 Å². The number of benzene rings is 1. The molecule has 0 heterocycles. The molecule has 92 valence electrons. The minimum absolute atomic E-state index is 0.158. The molecule has 0 spiro atoms. The van der Waals surface area contributed by atoms with Crippen LogP contribution in [-0.4, -0.2) is 11.0 Å². The maximum absolute atomic E-state index is 10.8. The molecule has 17 heavy (non-hydrogen) atoms. The first-order chi connectivity index (χ1) is 8.04. The van der Waals surface area contributed by atoms with Gasteiger partial charge in [-0.05, 0) is 32.8 Å². The molecule has 1 aromatic carbocycles. The summed E-state index contributed by atoms with van der Waals surface area (Å²) in [6.45, 7) is 7.46. The molecular formula is C13H18N2O2. The van der Waals surface area contributed by atoms with Gasteiger partial charge < -0.3 is 5.32 Å². The van der Waals surface area contributed by atoms with E-state index < -0.39 is 0 Å². The second-order valence-corrected chi connectivity index (χ2v) is 4.17. The molecule has 1 aromatic rings. The van der Waals surface area contributed by atoms with Gasteiger partial charge in [0.15, 0.2) is 0 Å². The lowest BCUT2D eigenvalue weighted by Crippen LogP contribution is -2.14. The second-order valence-electron chi connectivity index (χ2n) is 4.17. The standard InChI is InChI=1S/C13H18N2O2/c1-4-5-6-11(3)14-12-8-7-10(2)13(9-12)15(16)17/h4,7-9,11,14H,1,5-6H2,2-3H3. The van der Waals surface area contributed by atoms with Crippen molar-refractivity contribution in [2.24, 2.45) is 0 Å². The van der Waals surface area contributed by atoms with Gasteiger partial charge in [-0.3, -0.25) is 10.1 Å². The number of allylic oxidation sites excluding steroid dienone is 1. The fourth-order valence-corrected chi connectivity index (χ4v) is 1.62. The van der Waals surface area contributed by atoms with E-state index in [1.807, 2.05) is 12.1 Å². The number of anilines is 1. The largest absolute Gasteiger partial charge is 0.382 e. The van der Waals surface area contributed by atoms with Gasteiger partial charge in [0.1, 0.15) is 0 Å². The highest BCUT2D eigenvalue weighted by Crippen LogP contribution is 2.23. The van der Waals surface area contributed by atoms with Crippen LogP contribution in [0.1, 0.15) is 25.3 Å². The molecule has 0 aliphatic rings. The molecule has 0 saturated carbocycles. The Bertz CT molecular complexity index is 416. The third kappa shape index (κ3) is 3.90. The van der Waals surface area contributed by atoms with Gasteiger partial charge in [0.25, 0.3) is 5.69 Å². The van der Waals surface area contributed by atoms with Crippen molar-refractivity contribution < 1.29 is 4.92 Å². The quantitative estimate of drug-likeness (QED) is 0.464. The van der Waals surface area contributed by atoms with Crippen LogP contribution in [0.5, 0.6) is 0 Å². The Labute approximate surface area is 101 Å². The average Bonchev–Trinajstić information content (AvgIpc) is 2.28. The van der Waals surface area contributed by atoms with E-state index in [4.69, 9.17) is 0 Å². The van der Waals surface area contributed by atoms with Gasteiger partial charge >= 0.3 is 0 Å². The summed E-state index contributed by atoms with van der Waals surface area (Å²) in [5.41, 5.74) is 1.63. The predicted molar refractivity (Wildman–Crippen MR) is 70.3 cm³/mol. The lowest BCUT2D eigenvalue weighted by molar-refractivity contribution is -0.385. The molecule has 0 amide bonds. The Morgan fingerprint density at radius 3 is 2.88 bits per heavy atom. The Morgan fingerprint density at radius 2 is 2.29 bits per heavy atom. The molecule has 4 heteroatoms. The summed E-state index contributed by atoms with van der Waals surface area (Å²) in [4.78, 5) is 10.4. The first-order valence-electron chi connectivity index (χ1n) is 5.67. The van der Waals surface area contributed by atoms with E-state index in [-0.39, 0.29) is 16.7 Å². The molecule has 0 aliphatic carbocycles. The van der Waals surface area contributed by atoms with Crippen LogP contribution < -0.4 is 5.32 Å². The molecule has 4 nitrogen and oxygen atoms in total. The van der Waals surface area contributed by atoms with Crippen molar-refractivity contribution in [2.75, 3.05) is 5.32 Å². The smallest absolute Gasteiger partial charge is 0.274 e. The summed E-state index contributed by atoms with van der Waals surface area (Å²) in [5.74, 6) is 0. The van der Waals surface area contributed by atoms with Crippen molar-refractivity contribution in [3.8, 4) is 0 Å². The van der Waals surface area contributed by atoms with Crippen LogP contribution in [0.3, 0.4) is 0 Å². The predicted octanol–water partition coefficient (Wildman–Crippen LogP) is 3.67. The molecule has 0 saturated heterocycles. The summed E-state index contributed by atoms with van der Waals surface area (Å²) < 4.78 is 0. The molecule has 0 fully saturated rings. The van der Waals surface area contributed by atoms with Gasteiger partial charge in [-0.1, -0.05) is 12.1 Å². The summed E-state index contributed by atoms with van der Waals surface area (Å²) >= 11 is 0. The number of nitrogens with zero attached hydrogens (tertiary/aromatic N) is 1. The minimum atomic E-state index is -0.352. The summed E-state index contributed by atoms with van der Waals surface area (Å²) in [7, 11) is 0. The summed E-state index contributed by atoms with van der Waals surface area (Å²) in [6, 6.07) is 5.49. The van der Waals surface area contributed by atoms with Crippen molar-refractivity contribution in [1.82, 2.24) is 0 Å². The Morgan fingerprint density at radius 1 is 1.59 bits per heavy atom. The van der Waals surface area contributed by atoms with Gasteiger partial charge in [0.2, 0.25) is 0 Å². The molecule has 0 aliphatic heterocycles. The van der Waals surface area contributed by atoms with Crippen molar-refractivity contribution in [1.29, 1.82) is 0 Å². The molecule has 0 radical (unpaired) electrons. The van der Waals surface area contributed by atoms with Gasteiger partial charge in [-0.2, -0.15) is 0 Å². The van der Waals surface area contributed by atoms with Crippen LogP contribution in [0.25, 0.3) is 0 Å². The zero-order chi connectivity index (χ0) is 12.8. The maximum Gasteiger partial charge on any atom is 0.274 e. The van der Waals surface area contributed by atoms with Crippen LogP contribution in [0.4, 0.5) is 11.4 Å². The summed E-state index contributed by atoms with van der Waals surface area (Å²) in [6.07, 6.45) is 3.77. The van der Waals surface area contributed by atoms with Crippen LogP contribution >= 0.6 is 0 Å². The van der Waals surface area contributed by atoms with Crippen molar-refractivity contribution >= 4 is 11.4 Å². The summed E-state index contributed by atoms with van der Waals surface area (Å²) in [5, 5.41) is 14.0. The number of nitro benzene ring substituents is 1. The van der Waals surface area contributed by atoms with Crippen LogP contribution in [0.15, 0.2) is 30.9 Å². The van der Waals surface area contributed by atoms with Crippen molar-refractivity contribution in [3.05, 3.63) is 46.5 Å². The first kappa shape index (κ1) is 13.2. The number of aryl methyl sites for hydroxylation is 1. The molecule has 1 N–H and O–H groups in total. The second kappa shape index (κ2) is 6.03. The van der Waals surface area contributed by atoms with E-state index in [1.54, 1.807) is 19.1 Å². The lowest BCUT2D eigenvalue weighted by Gasteiger charge is -2.14. The first-order valence-corrected chi connectivity index (χ1v) is 5.67. The van der Waals surface area contributed by atoms with E-state index in [1.165, 1.54) is 0 Å². The monoisotopic (exact) mass is 234 g/mol. The lowest BCUT2D eigenvalue weighted by atomic mass is 10.1. The fourth-order valence-electron chi connectivity index (χ4n) is 1.62. The number of hydrogen-bond acceptors (Lipinski definition) is 3. The molecule has 0 bridgehead atoms. The van der Waals surface area contributed by atoms with Crippen LogP contribution in [0.2, 0.25) is 0 Å². The fraction of sp³-hybridized carbons (Fsp3) is 0.385. The minimum Gasteiger partial charge on any atom is -0.382 e. The Hall–Kier alpha value is -1.84. The third-order valence-electron chi connectivity index (χ3n) is 2.62. The van der Waals surface area contributed by atoms with Gasteiger partial charge in [0, 0.05) is 23.4 Å². The molecule has 1 rings (SSSR count). The van der Waals surface area contributed by atoms with E-state index in [0.717, 1.165) is 18.5 Å². The number of nitro groups is 1. The maximum atomic E-state index is 10.8. The Kier molecular flexibility index (Phi) is 4.69. The van der Waals surface area contributed by atoms with Crippen LogP contribution in [-0.2, 0) is 0 Å². The number of hydrogen-bond donors (Lipinski definition) is 1. The highest BCUT2D eigenvalue weighted by molar-refractivity contribution is 5.55. The molecular weight excluding hydrogens is 216 g/mol. The molecule has 1 atom stereocenters. The van der Waals surface area contributed by atoms with Crippen molar-refractivity contribution in [3.63, 3.8) is 0 Å². The van der Waals surface area contributed by atoms with Gasteiger partial charge in [0.05, 0.1) is 4.92 Å². The van der Waals surface area contributed by atoms with Crippen molar-refractivity contribution in [2.45, 2.75) is 32.7 Å². The van der Waals surface area contributed by atoms with E-state index in [9.17, 15) is 10.1 Å². The zero-order valence-electron chi connectivity index (χ0n) is 10.3. The SMILES string of the molecule is C=CCCC(C)Nc1ccc(C)c([N+](=O)[O-])c1. The highest BCUT2D eigenvalue weighted by atomic mass is 16.6. The third-order valence-corrected chi connectivity index (χ3v) is 2.62. The Balaban J connectivity index is 2.75. The van der Waals surface area contributed by atoms with Gasteiger partial charge in [-0.25, -0.2) is 0 Å². The molecule has 1 unspecified atom stereocenters. The number of nitrogens with one attached hydrogen (secondary N) is 1. The van der Waals surface area contributed by atoms with Crippen LogP contribution in [0, 0.1) is 17.0 Å². The normalized spacial score (nSPS) is 11.9. The number of rotatable bonds is 6. The average molecular weight is 234 g/mol. The zero-order valence-corrected chi connectivity index (χ0v) is 10.3. The van der Waals surface area contributed by atoms with E-state index in [2.05, 4.69) is 18.8 Å².